The SMILES string of the molecule is COc1cccc(N)c1C(=O)NCCOC(C)C. The summed E-state index contributed by atoms with van der Waals surface area (Å²) in [5.41, 5.74) is 6.54. The largest absolute Gasteiger partial charge is 0.496 e. The van der Waals surface area contributed by atoms with Crippen LogP contribution in [0.15, 0.2) is 18.2 Å². The number of hydrogen-bond acceptors (Lipinski definition) is 4. The highest BCUT2D eigenvalue weighted by molar-refractivity contribution is 6.01. The minimum Gasteiger partial charge on any atom is -0.496 e. The highest BCUT2D eigenvalue weighted by Gasteiger charge is 2.14. The van der Waals surface area contributed by atoms with Gasteiger partial charge in [-0.05, 0) is 26.0 Å². The molecular formula is C13H20N2O3. The van der Waals surface area contributed by atoms with E-state index >= 15 is 0 Å². The van der Waals surface area contributed by atoms with E-state index in [1.807, 2.05) is 13.8 Å². The Morgan fingerprint density at radius 2 is 2.17 bits per heavy atom. The van der Waals surface area contributed by atoms with Crippen molar-refractivity contribution in [2.45, 2.75) is 20.0 Å². The number of nitrogens with one attached hydrogen (secondary N) is 1. The molecule has 5 nitrogen and oxygen atoms in total. The van der Waals surface area contributed by atoms with E-state index in [1.54, 1.807) is 18.2 Å². The van der Waals surface area contributed by atoms with Crippen molar-refractivity contribution in [2.75, 3.05) is 26.0 Å². The van der Waals surface area contributed by atoms with E-state index in [9.17, 15) is 4.79 Å². The molecule has 0 aromatic heterocycles. The van der Waals surface area contributed by atoms with E-state index in [4.69, 9.17) is 15.2 Å². The summed E-state index contributed by atoms with van der Waals surface area (Å²) in [7, 11) is 1.51. The third-order valence-corrected chi connectivity index (χ3v) is 2.34. The Balaban J connectivity index is 2.61. The number of benzene rings is 1. The summed E-state index contributed by atoms with van der Waals surface area (Å²) in [5, 5.41) is 2.75. The summed E-state index contributed by atoms with van der Waals surface area (Å²) in [5.74, 6) is 0.217. The summed E-state index contributed by atoms with van der Waals surface area (Å²) >= 11 is 0. The Labute approximate surface area is 107 Å². The maximum absolute atomic E-state index is 12.0. The molecule has 0 saturated carbocycles. The van der Waals surface area contributed by atoms with Gasteiger partial charge in [0.1, 0.15) is 11.3 Å². The summed E-state index contributed by atoms with van der Waals surface area (Å²) in [6, 6.07) is 5.12. The molecule has 0 bridgehead atoms. The molecule has 0 aliphatic rings. The summed E-state index contributed by atoms with van der Waals surface area (Å²) < 4.78 is 10.5. The molecule has 1 aromatic carbocycles. The predicted molar refractivity (Wildman–Crippen MR) is 70.8 cm³/mol. The fourth-order valence-corrected chi connectivity index (χ4v) is 1.51. The Kier molecular flexibility index (Phi) is 5.45. The summed E-state index contributed by atoms with van der Waals surface area (Å²) in [6.45, 7) is 4.80. The minimum absolute atomic E-state index is 0.151. The van der Waals surface area contributed by atoms with Crippen LogP contribution in [-0.2, 0) is 4.74 Å². The summed E-state index contributed by atoms with van der Waals surface area (Å²) in [4.78, 5) is 12.0. The van der Waals surface area contributed by atoms with Crippen LogP contribution in [-0.4, -0.2) is 32.3 Å². The molecule has 0 aliphatic heterocycles. The first-order chi connectivity index (χ1) is 8.56. The van der Waals surface area contributed by atoms with E-state index in [2.05, 4.69) is 5.32 Å². The van der Waals surface area contributed by atoms with Crippen LogP contribution < -0.4 is 15.8 Å². The lowest BCUT2D eigenvalue weighted by atomic mass is 10.1. The molecule has 3 N–H and O–H groups in total. The van der Waals surface area contributed by atoms with Crippen molar-refractivity contribution in [1.29, 1.82) is 0 Å². The average Bonchev–Trinajstić information content (AvgIpc) is 2.33. The molecule has 1 rings (SSSR count). The average molecular weight is 252 g/mol. The Morgan fingerprint density at radius 3 is 2.78 bits per heavy atom. The van der Waals surface area contributed by atoms with Crippen LogP contribution in [0.25, 0.3) is 0 Å². The number of anilines is 1. The maximum atomic E-state index is 12.0. The van der Waals surface area contributed by atoms with Crippen LogP contribution in [0, 0.1) is 0 Å². The Hall–Kier alpha value is -1.75. The van der Waals surface area contributed by atoms with Crippen molar-refractivity contribution in [3.8, 4) is 5.75 Å². The van der Waals surface area contributed by atoms with Crippen LogP contribution in [0.4, 0.5) is 5.69 Å². The molecule has 0 saturated heterocycles. The van der Waals surface area contributed by atoms with Crippen molar-refractivity contribution in [1.82, 2.24) is 5.32 Å². The van der Waals surface area contributed by atoms with Gasteiger partial charge in [0.05, 0.1) is 19.8 Å². The van der Waals surface area contributed by atoms with E-state index in [0.717, 1.165) is 0 Å². The van der Waals surface area contributed by atoms with E-state index in [0.29, 0.717) is 30.2 Å². The van der Waals surface area contributed by atoms with Gasteiger partial charge in [0.2, 0.25) is 0 Å². The lowest BCUT2D eigenvalue weighted by Crippen LogP contribution is -2.29. The fraction of sp³-hybridized carbons (Fsp3) is 0.462. The topological polar surface area (TPSA) is 73.6 Å². The second-order valence-electron chi connectivity index (χ2n) is 4.10. The molecule has 1 aromatic rings. The van der Waals surface area contributed by atoms with Crippen LogP contribution in [0.5, 0.6) is 5.75 Å². The van der Waals surface area contributed by atoms with Gasteiger partial charge in [-0.1, -0.05) is 6.07 Å². The lowest BCUT2D eigenvalue weighted by molar-refractivity contribution is 0.0746. The second kappa shape index (κ2) is 6.86. The van der Waals surface area contributed by atoms with Gasteiger partial charge in [0, 0.05) is 12.2 Å². The highest BCUT2D eigenvalue weighted by atomic mass is 16.5. The Morgan fingerprint density at radius 1 is 1.44 bits per heavy atom. The van der Waals surface area contributed by atoms with Crippen LogP contribution >= 0.6 is 0 Å². The standard InChI is InChI=1S/C13H20N2O3/c1-9(2)18-8-7-15-13(16)12-10(14)5-4-6-11(12)17-3/h4-6,9H,7-8,14H2,1-3H3,(H,15,16). The fourth-order valence-electron chi connectivity index (χ4n) is 1.51. The predicted octanol–water partition coefficient (Wildman–Crippen LogP) is 1.43. The molecule has 18 heavy (non-hydrogen) atoms. The van der Waals surface area contributed by atoms with Crippen molar-refractivity contribution in [3.63, 3.8) is 0 Å². The number of carbonyl (C=O) groups is 1. The van der Waals surface area contributed by atoms with Gasteiger partial charge in [-0.15, -0.1) is 0 Å². The zero-order valence-corrected chi connectivity index (χ0v) is 11.0. The molecule has 0 unspecified atom stereocenters. The van der Waals surface area contributed by atoms with Gasteiger partial charge >= 0.3 is 0 Å². The van der Waals surface area contributed by atoms with Crippen molar-refractivity contribution >= 4 is 11.6 Å². The number of hydrogen-bond donors (Lipinski definition) is 2. The zero-order chi connectivity index (χ0) is 13.5. The molecule has 0 atom stereocenters. The molecule has 0 spiro atoms. The smallest absolute Gasteiger partial charge is 0.257 e. The normalized spacial score (nSPS) is 10.4. The molecule has 0 radical (unpaired) electrons. The van der Waals surface area contributed by atoms with Crippen molar-refractivity contribution in [2.24, 2.45) is 0 Å². The first-order valence-electron chi connectivity index (χ1n) is 5.88. The molecular weight excluding hydrogens is 232 g/mol. The number of amides is 1. The van der Waals surface area contributed by atoms with Crippen molar-refractivity contribution < 1.29 is 14.3 Å². The highest BCUT2D eigenvalue weighted by Crippen LogP contribution is 2.23. The minimum atomic E-state index is -0.252. The first kappa shape index (κ1) is 14.3. The molecule has 100 valence electrons. The number of methoxy groups -OCH3 is 1. The van der Waals surface area contributed by atoms with Crippen molar-refractivity contribution in [3.05, 3.63) is 23.8 Å². The zero-order valence-electron chi connectivity index (χ0n) is 11.0. The number of nitrogens with two attached hydrogens (primary N) is 1. The number of nitrogen functional groups attached to an aromatic ring is 1. The summed E-state index contributed by atoms with van der Waals surface area (Å²) in [6.07, 6.45) is 0.151. The molecule has 0 fully saturated rings. The van der Waals surface area contributed by atoms with E-state index in [1.165, 1.54) is 7.11 Å². The molecule has 1 amide bonds. The number of carbonyl (C=O) groups excluding carboxylic acids is 1. The van der Waals surface area contributed by atoms with Gasteiger partial charge in [-0.25, -0.2) is 0 Å². The number of rotatable bonds is 6. The van der Waals surface area contributed by atoms with E-state index < -0.39 is 0 Å². The third-order valence-electron chi connectivity index (χ3n) is 2.34. The van der Waals surface area contributed by atoms with Gasteiger partial charge in [-0.3, -0.25) is 4.79 Å². The third kappa shape index (κ3) is 3.92. The van der Waals surface area contributed by atoms with Crippen LogP contribution in [0.1, 0.15) is 24.2 Å². The molecule has 5 heteroatoms. The van der Waals surface area contributed by atoms with Crippen LogP contribution in [0.2, 0.25) is 0 Å². The molecule has 0 heterocycles. The lowest BCUT2D eigenvalue weighted by Gasteiger charge is -2.12. The van der Waals surface area contributed by atoms with Crippen LogP contribution in [0.3, 0.4) is 0 Å². The van der Waals surface area contributed by atoms with E-state index in [-0.39, 0.29) is 12.0 Å². The maximum Gasteiger partial charge on any atom is 0.257 e. The van der Waals surface area contributed by atoms with Gasteiger partial charge in [-0.2, -0.15) is 0 Å². The molecule has 0 aliphatic carbocycles. The number of ether oxygens (including phenoxy) is 2. The Bertz CT molecular complexity index is 405. The van der Waals surface area contributed by atoms with Gasteiger partial charge in [0.25, 0.3) is 5.91 Å². The van der Waals surface area contributed by atoms with Gasteiger partial charge < -0.3 is 20.5 Å². The first-order valence-corrected chi connectivity index (χ1v) is 5.88. The monoisotopic (exact) mass is 252 g/mol. The van der Waals surface area contributed by atoms with Gasteiger partial charge in [0.15, 0.2) is 0 Å². The quantitative estimate of drug-likeness (QED) is 0.593. The second-order valence-corrected chi connectivity index (χ2v) is 4.10.